The van der Waals surface area contributed by atoms with Gasteiger partial charge in [0.05, 0.1) is 0 Å². The first kappa shape index (κ1) is 16.4. The van der Waals surface area contributed by atoms with E-state index >= 15 is 0 Å². The smallest absolute Gasteiger partial charge is 0.115 e. The zero-order valence-electron chi connectivity index (χ0n) is 10.7. The zero-order valence-corrected chi connectivity index (χ0v) is 10.7. The van der Waals surface area contributed by atoms with Gasteiger partial charge in [-0.1, -0.05) is 26.5 Å². The van der Waals surface area contributed by atoms with Crippen molar-refractivity contribution in [3.8, 4) is 0 Å². The zero-order chi connectivity index (χ0) is 12.3. The van der Waals surface area contributed by atoms with Gasteiger partial charge in [0, 0.05) is 6.04 Å². The Morgan fingerprint density at radius 3 is 2.33 bits per heavy atom. The van der Waals surface area contributed by atoms with E-state index in [4.69, 9.17) is 10.5 Å². The molecule has 2 heteroatoms. The molecule has 0 aromatic rings. The van der Waals surface area contributed by atoms with Crippen molar-refractivity contribution in [3.63, 3.8) is 0 Å². The fraction of sp³-hybridized carbons (Fsp3) is 0.538. The van der Waals surface area contributed by atoms with E-state index in [1.807, 2.05) is 46.8 Å². The van der Waals surface area contributed by atoms with Crippen LogP contribution in [-0.4, -0.2) is 12.6 Å². The van der Waals surface area contributed by atoms with Crippen LogP contribution in [0, 0.1) is 0 Å². The normalized spacial score (nSPS) is 13.7. The highest BCUT2D eigenvalue weighted by atomic mass is 16.5. The maximum absolute atomic E-state index is 5.57. The topological polar surface area (TPSA) is 35.2 Å². The number of allylic oxidation sites excluding steroid dienone is 4. The quantitative estimate of drug-likeness (QED) is 0.558. The van der Waals surface area contributed by atoms with Gasteiger partial charge in [0.2, 0.25) is 0 Å². The van der Waals surface area contributed by atoms with Gasteiger partial charge < -0.3 is 10.5 Å². The van der Waals surface area contributed by atoms with Crippen molar-refractivity contribution in [1.82, 2.24) is 0 Å². The molecule has 2 nitrogen and oxygen atoms in total. The molecule has 0 saturated heterocycles. The van der Waals surface area contributed by atoms with Crippen molar-refractivity contribution in [2.45, 2.75) is 40.7 Å². The molecule has 0 radical (unpaired) electrons. The molecule has 1 unspecified atom stereocenters. The van der Waals surface area contributed by atoms with E-state index in [-0.39, 0.29) is 6.04 Å². The van der Waals surface area contributed by atoms with Crippen LogP contribution < -0.4 is 5.73 Å². The monoisotopic (exact) mass is 211 g/mol. The largest absolute Gasteiger partial charge is 0.492 e. The van der Waals surface area contributed by atoms with E-state index in [1.54, 1.807) is 6.08 Å². The Labute approximate surface area is 94.5 Å². The second kappa shape index (κ2) is 11.1. The average Bonchev–Trinajstić information content (AvgIpc) is 2.26. The molecule has 0 fully saturated rings. The minimum Gasteiger partial charge on any atom is -0.492 e. The minimum atomic E-state index is 0.0624. The van der Waals surface area contributed by atoms with E-state index in [0.717, 1.165) is 11.3 Å². The van der Waals surface area contributed by atoms with Crippen molar-refractivity contribution in [1.29, 1.82) is 0 Å². The second-order valence-electron chi connectivity index (χ2n) is 3.07. The molecular weight excluding hydrogens is 186 g/mol. The fourth-order valence-corrected chi connectivity index (χ4v) is 0.719. The molecule has 0 saturated carbocycles. The number of ether oxygens (including phenoxy) is 1. The van der Waals surface area contributed by atoms with Crippen LogP contribution in [0.3, 0.4) is 0 Å². The predicted octanol–water partition coefficient (Wildman–Crippen LogP) is 3.41. The number of nitrogens with two attached hydrogens (primary N) is 1. The Hall–Kier alpha value is -1.02. The van der Waals surface area contributed by atoms with Gasteiger partial charge in [-0.05, 0) is 38.5 Å². The molecule has 15 heavy (non-hydrogen) atoms. The van der Waals surface area contributed by atoms with Gasteiger partial charge in [0.25, 0.3) is 0 Å². The molecule has 0 aliphatic heterocycles. The predicted molar refractivity (Wildman–Crippen MR) is 68.7 cm³/mol. The SMILES string of the molecule is C=C/C(C)=C\C(=C/C)OCC(C)N.CC. The van der Waals surface area contributed by atoms with Crippen LogP contribution in [0.2, 0.25) is 0 Å². The van der Waals surface area contributed by atoms with Crippen molar-refractivity contribution in [3.05, 3.63) is 36.1 Å². The van der Waals surface area contributed by atoms with Crippen molar-refractivity contribution in [2.75, 3.05) is 6.61 Å². The summed E-state index contributed by atoms with van der Waals surface area (Å²) in [7, 11) is 0. The summed E-state index contributed by atoms with van der Waals surface area (Å²) in [5.74, 6) is 0.842. The summed E-state index contributed by atoms with van der Waals surface area (Å²) in [5, 5.41) is 0. The van der Waals surface area contributed by atoms with E-state index in [1.165, 1.54) is 0 Å². The third-order valence-corrected chi connectivity index (χ3v) is 1.49. The molecule has 0 heterocycles. The molecule has 0 aromatic heterocycles. The van der Waals surface area contributed by atoms with E-state index in [9.17, 15) is 0 Å². The molecule has 2 N–H and O–H groups in total. The van der Waals surface area contributed by atoms with E-state index in [0.29, 0.717) is 6.61 Å². The minimum absolute atomic E-state index is 0.0624. The van der Waals surface area contributed by atoms with Crippen LogP contribution in [-0.2, 0) is 4.74 Å². The Morgan fingerprint density at radius 2 is 2.00 bits per heavy atom. The highest BCUT2D eigenvalue weighted by molar-refractivity contribution is 5.23. The number of rotatable bonds is 5. The molecule has 88 valence electrons. The van der Waals surface area contributed by atoms with E-state index < -0.39 is 0 Å². The molecule has 0 rings (SSSR count). The fourth-order valence-electron chi connectivity index (χ4n) is 0.719. The van der Waals surface area contributed by atoms with Crippen molar-refractivity contribution < 1.29 is 4.74 Å². The lowest BCUT2D eigenvalue weighted by molar-refractivity contribution is 0.209. The lowest BCUT2D eigenvalue weighted by atomic mass is 10.2. The first-order valence-electron chi connectivity index (χ1n) is 5.45. The maximum atomic E-state index is 5.57. The van der Waals surface area contributed by atoms with Crippen LogP contribution in [0.4, 0.5) is 0 Å². The summed E-state index contributed by atoms with van der Waals surface area (Å²) in [6.45, 7) is 14.0. The number of hydrogen-bond donors (Lipinski definition) is 1. The van der Waals surface area contributed by atoms with Gasteiger partial charge in [-0.2, -0.15) is 0 Å². The lowest BCUT2D eigenvalue weighted by Gasteiger charge is -2.09. The summed E-state index contributed by atoms with van der Waals surface area (Å²) in [6, 6.07) is 0.0624. The Morgan fingerprint density at radius 1 is 1.47 bits per heavy atom. The second-order valence-corrected chi connectivity index (χ2v) is 3.07. The molecule has 1 atom stereocenters. The standard InChI is InChI=1S/C11H19NO.C2H6/c1-5-9(3)7-11(6-2)13-8-10(4)12;1-2/h5-7,10H,1,8,12H2,2-4H3;1-2H3/b9-7-,11-6+;. The first-order chi connectivity index (χ1) is 7.10. The molecular formula is C13H25NO. The van der Waals surface area contributed by atoms with Crippen LogP contribution in [0.25, 0.3) is 0 Å². The molecule has 0 spiro atoms. The molecule has 0 aliphatic carbocycles. The van der Waals surface area contributed by atoms with Crippen molar-refractivity contribution >= 4 is 0 Å². The Balaban J connectivity index is 0. The van der Waals surface area contributed by atoms with Crippen LogP contribution in [0.15, 0.2) is 36.1 Å². The summed E-state index contributed by atoms with van der Waals surface area (Å²) < 4.78 is 5.44. The van der Waals surface area contributed by atoms with Gasteiger partial charge in [0.1, 0.15) is 12.4 Å². The van der Waals surface area contributed by atoms with Crippen molar-refractivity contribution in [2.24, 2.45) is 5.73 Å². The Kier molecular flexibility index (Phi) is 12.1. The lowest BCUT2D eigenvalue weighted by Crippen LogP contribution is -2.21. The summed E-state index contributed by atoms with van der Waals surface area (Å²) >= 11 is 0. The highest BCUT2D eigenvalue weighted by Crippen LogP contribution is 2.05. The summed E-state index contributed by atoms with van der Waals surface area (Å²) in [5.41, 5.74) is 6.65. The van der Waals surface area contributed by atoms with Gasteiger partial charge in [-0.15, -0.1) is 0 Å². The highest BCUT2D eigenvalue weighted by Gasteiger charge is 1.96. The van der Waals surface area contributed by atoms with Gasteiger partial charge in [-0.3, -0.25) is 0 Å². The van der Waals surface area contributed by atoms with Crippen LogP contribution in [0.5, 0.6) is 0 Å². The molecule has 0 aromatic carbocycles. The molecule has 0 bridgehead atoms. The summed E-state index contributed by atoms with van der Waals surface area (Å²) in [4.78, 5) is 0. The van der Waals surface area contributed by atoms with E-state index in [2.05, 4.69) is 6.58 Å². The van der Waals surface area contributed by atoms with Crippen LogP contribution in [0.1, 0.15) is 34.6 Å². The molecule has 0 amide bonds. The third kappa shape index (κ3) is 10.9. The maximum Gasteiger partial charge on any atom is 0.115 e. The summed E-state index contributed by atoms with van der Waals surface area (Å²) in [6.07, 6.45) is 5.64. The van der Waals surface area contributed by atoms with Gasteiger partial charge >= 0.3 is 0 Å². The van der Waals surface area contributed by atoms with Gasteiger partial charge in [-0.25, -0.2) is 0 Å². The van der Waals surface area contributed by atoms with Crippen LogP contribution >= 0.6 is 0 Å². The first-order valence-corrected chi connectivity index (χ1v) is 5.45. The third-order valence-electron chi connectivity index (χ3n) is 1.49. The average molecular weight is 211 g/mol. The Bertz CT molecular complexity index is 215. The number of hydrogen-bond acceptors (Lipinski definition) is 2. The van der Waals surface area contributed by atoms with Gasteiger partial charge in [0.15, 0.2) is 0 Å². The molecule has 0 aliphatic rings.